The molecule has 0 aliphatic carbocycles. The number of para-hydroxylation sites is 1. The molecule has 308 valence electrons. The van der Waals surface area contributed by atoms with Crippen LogP contribution in [0.5, 0.6) is 0 Å². The number of benzene rings is 4. The third-order valence-corrected chi connectivity index (χ3v) is 11.0. The summed E-state index contributed by atoms with van der Waals surface area (Å²) in [4.78, 5) is 52.9. The Hall–Kier alpha value is -7.24. The number of hydrogen-bond donors (Lipinski definition) is 3. The number of imide groups is 1. The van der Waals surface area contributed by atoms with E-state index in [0.717, 1.165) is 88.0 Å². The van der Waals surface area contributed by atoms with Gasteiger partial charge in [0.05, 0.1) is 30.2 Å². The largest absolute Gasteiger partial charge is 0.332 e. The number of rotatable bonds is 12. The number of hydrogen-bond acceptors (Lipinski definition) is 8. The van der Waals surface area contributed by atoms with Crippen LogP contribution in [0.2, 0.25) is 0 Å². The van der Waals surface area contributed by atoms with Gasteiger partial charge in [-0.05, 0) is 96.6 Å². The fourth-order valence-corrected chi connectivity index (χ4v) is 7.47. The first-order chi connectivity index (χ1) is 30.4. The lowest BCUT2D eigenvalue weighted by atomic mass is 9.90. The summed E-state index contributed by atoms with van der Waals surface area (Å²) in [5.74, 6) is 12.8. The van der Waals surface area contributed by atoms with Crippen LogP contribution in [0, 0.1) is 23.7 Å². The van der Waals surface area contributed by atoms with Gasteiger partial charge in [0.2, 0.25) is 11.8 Å². The highest BCUT2D eigenvalue weighted by atomic mass is 16.2. The van der Waals surface area contributed by atoms with Gasteiger partial charge in [0, 0.05) is 72.5 Å². The quantitative estimate of drug-likeness (QED) is 0.0525. The molecule has 4 aromatic carbocycles. The van der Waals surface area contributed by atoms with Gasteiger partial charge in [0.1, 0.15) is 0 Å². The summed E-state index contributed by atoms with van der Waals surface area (Å²) in [5.41, 5.74) is 9.28. The lowest BCUT2D eigenvalue weighted by Gasteiger charge is -2.28. The van der Waals surface area contributed by atoms with Crippen molar-refractivity contribution >= 4 is 40.8 Å². The Morgan fingerprint density at radius 2 is 1.52 bits per heavy atom. The Balaban J connectivity index is 0.714. The zero-order valence-electron chi connectivity index (χ0n) is 34.5. The maximum absolute atomic E-state index is 13.5. The summed E-state index contributed by atoms with van der Waals surface area (Å²) < 4.78 is 0. The van der Waals surface area contributed by atoms with E-state index in [-0.39, 0.29) is 23.6 Å². The van der Waals surface area contributed by atoms with Crippen LogP contribution in [0.15, 0.2) is 116 Å². The van der Waals surface area contributed by atoms with Crippen molar-refractivity contribution in [2.45, 2.75) is 44.6 Å². The molecule has 2 aliphatic heterocycles. The molecule has 0 saturated carbocycles. The SMILES string of the molecule is O=C1CCC(c2ccc(C#CCCCNCCNCC#Cc3ccc(/C=C/c4ccc(C(=O)N5CCc6cnc(-c7cnc8ccccc8c7)nc6C5)cc4)cc3)cc2)C(=O)N1. The molecule has 8 rings (SSSR count). The molecule has 3 N–H and O–H groups in total. The Kier molecular flexibility index (Phi) is 13.6. The summed E-state index contributed by atoms with van der Waals surface area (Å²) in [6, 6.07) is 33.7. The Labute approximate surface area is 362 Å². The van der Waals surface area contributed by atoms with Crippen molar-refractivity contribution < 1.29 is 14.4 Å². The molecule has 0 bridgehead atoms. The van der Waals surface area contributed by atoms with Gasteiger partial charge in [-0.2, -0.15) is 0 Å². The van der Waals surface area contributed by atoms with Crippen LogP contribution in [0.25, 0.3) is 34.4 Å². The zero-order chi connectivity index (χ0) is 42.5. The number of pyridine rings is 1. The fraction of sp³-hybridized carbons (Fsp3) is 0.231. The smallest absolute Gasteiger partial charge is 0.254 e. The number of piperidine rings is 1. The Morgan fingerprint density at radius 3 is 2.31 bits per heavy atom. The van der Waals surface area contributed by atoms with Crippen molar-refractivity contribution in [1.29, 1.82) is 0 Å². The molecule has 1 fully saturated rings. The van der Waals surface area contributed by atoms with E-state index in [4.69, 9.17) is 4.98 Å². The van der Waals surface area contributed by atoms with Gasteiger partial charge in [-0.25, -0.2) is 9.97 Å². The first-order valence-corrected chi connectivity index (χ1v) is 21.2. The van der Waals surface area contributed by atoms with Crippen molar-refractivity contribution in [2.24, 2.45) is 0 Å². The topological polar surface area (TPSA) is 129 Å². The highest BCUT2D eigenvalue weighted by Crippen LogP contribution is 2.26. The molecule has 2 aromatic heterocycles. The van der Waals surface area contributed by atoms with Crippen LogP contribution in [-0.2, 0) is 22.6 Å². The van der Waals surface area contributed by atoms with E-state index in [1.807, 2.05) is 102 Å². The highest BCUT2D eigenvalue weighted by molar-refractivity contribution is 6.01. The molecule has 62 heavy (non-hydrogen) atoms. The van der Waals surface area contributed by atoms with Crippen LogP contribution in [0.3, 0.4) is 0 Å². The highest BCUT2D eigenvalue weighted by Gasteiger charge is 2.28. The van der Waals surface area contributed by atoms with Gasteiger partial charge in [0.15, 0.2) is 5.82 Å². The molecule has 1 unspecified atom stereocenters. The first-order valence-electron chi connectivity index (χ1n) is 21.2. The lowest BCUT2D eigenvalue weighted by Crippen LogP contribution is -2.39. The molecule has 4 heterocycles. The Bertz CT molecular complexity index is 2720. The predicted octanol–water partition coefficient (Wildman–Crippen LogP) is 6.94. The molecule has 1 atom stereocenters. The van der Waals surface area contributed by atoms with Gasteiger partial charge < -0.3 is 15.5 Å². The summed E-state index contributed by atoms with van der Waals surface area (Å²) in [7, 11) is 0. The number of fused-ring (bicyclic) bond motifs is 2. The average Bonchev–Trinajstić information content (AvgIpc) is 3.31. The van der Waals surface area contributed by atoms with E-state index in [1.54, 1.807) is 6.20 Å². The van der Waals surface area contributed by atoms with Gasteiger partial charge in [-0.15, -0.1) is 0 Å². The molecule has 6 aromatic rings. The van der Waals surface area contributed by atoms with Crippen LogP contribution in [-0.4, -0.2) is 70.3 Å². The van der Waals surface area contributed by atoms with Crippen LogP contribution in [0.4, 0.5) is 0 Å². The second-order valence-electron chi connectivity index (χ2n) is 15.4. The third kappa shape index (κ3) is 10.9. The molecule has 0 spiro atoms. The maximum atomic E-state index is 13.5. The van der Waals surface area contributed by atoms with Crippen molar-refractivity contribution in [3.63, 3.8) is 0 Å². The van der Waals surface area contributed by atoms with E-state index < -0.39 is 0 Å². The number of unbranched alkanes of at least 4 members (excludes halogenated alkanes) is 1. The summed E-state index contributed by atoms with van der Waals surface area (Å²) in [6.07, 6.45) is 11.2. The minimum Gasteiger partial charge on any atom is -0.332 e. The molecule has 1 saturated heterocycles. The monoisotopic (exact) mass is 817 g/mol. The molecule has 2 aliphatic rings. The standard InChI is InChI=1S/C52H47N7O3/c60-49-26-25-46(51(61)58-49)41-21-17-37(18-22-41)7-2-1-5-28-53-30-31-54-29-6-8-38-11-13-39(14-12-38)15-16-40-19-23-42(24-20-40)52(62)59-32-27-44-34-56-50(57-48(44)36-59)45-33-43-9-3-4-10-47(43)55-35-45/h3-4,9-24,33-35,46,53-54H,1,5,25-32,36H2,(H,58,60,61)/b16-15+. The third-order valence-electron chi connectivity index (χ3n) is 11.0. The van der Waals surface area contributed by atoms with E-state index in [9.17, 15) is 14.4 Å². The second kappa shape index (κ2) is 20.3. The van der Waals surface area contributed by atoms with E-state index in [2.05, 4.69) is 73.9 Å². The molecule has 10 nitrogen and oxygen atoms in total. The van der Waals surface area contributed by atoms with Crippen molar-refractivity contribution in [3.05, 3.63) is 160 Å². The lowest BCUT2D eigenvalue weighted by molar-refractivity contribution is -0.134. The molecular formula is C52H47N7O3. The molecule has 0 radical (unpaired) electrons. The van der Waals surface area contributed by atoms with Gasteiger partial charge in [-0.1, -0.05) is 90.4 Å². The number of nitrogens with zero attached hydrogens (tertiary/aromatic N) is 4. The normalized spacial score (nSPS) is 14.7. The van der Waals surface area contributed by atoms with Crippen LogP contribution in [0.1, 0.15) is 81.0 Å². The molecule has 10 heteroatoms. The summed E-state index contributed by atoms with van der Waals surface area (Å²) in [5, 5.41) is 10.2. The summed E-state index contributed by atoms with van der Waals surface area (Å²) >= 11 is 0. The Morgan fingerprint density at radius 1 is 0.790 bits per heavy atom. The number of carbonyl (C=O) groups excluding carboxylic acids is 3. The first kappa shape index (κ1) is 41.5. The minimum atomic E-state index is -0.269. The summed E-state index contributed by atoms with van der Waals surface area (Å²) in [6.45, 7) is 4.25. The van der Waals surface area contributed by atoms with Crippen molar-refractivity contribution in [3.8, 4) is 35.1 Å². The van der Waals surface area contributed by atoms with Gasteiger partial charge in [0.25, 0.3) is 5.91 Å². The molecular weight excluding hydrogens is 771 g/mol. The molecule has 3 amide bonds. The maximum Gasteiger partial charge on any atom is 0.254 e. The van der Waals surface area contributed by atoms with Crippen molar-refractivity contribution in [1.82, 2.24) is 35.8 Å². The number of nitrogens with one attached hydrogen (secondary N) is 3. The van der Waals surface area contributed by atoms with Crippen molar-refractivity contribution in [2.75, 3.05) is 32.7 Å². The fourth-order valence-electron chi connectivity index (χ4n) is 7.47. The minimum absolute atomic E-state index is 0.00735. The average molecular weight is 818 g/mol. The van der Waals surface area contributed by atoms with Gasteiger partial charge >= 0.3 is 0 Å². The van der Waals surface area contributed by atoms with Crippen LogP contribution < -0.4 is 16.0 Å². The van der Waals surface area contributed by atoms with Gasteiger partial charge in [-0.3, -0.25) is 24.7 Å². The van der Waals surface area contributed by atoms with E-state index in [0.29, 0.717) is 50.3 Å². The predicted molar refractivity (Wildman–Crippen MR) is 243 cm³/mol. The second-order valence-corrected chi connectivity index (χ2v) is 15.4. The zero-order valence-corrected chi connectivity index (χ0v) is 34.5. The number of amides is 3. The van der Waals surface area contributed by atoms with Crippen LogP contribution >= 0.6 is 0 Å². The van der Waals surface area contributed by atoms with E-state index in [1.165, 1.54) is 0 Å². The number of carbonyl (C=O) groups is 3. The number of aromatic nitrogens is 3. The van der Waals surface area contributed by atoms with E-state index >= 15 is 0 Å².